The predicted octanol–water partition coefficient (Wildman–Crippen LogP) is 3.16. The summed E-state index contributed by atoms with van der Waals surface area (Å²) in [5, 5.41) is 13.7. The summed E-state index contributed by atoms with van der Waals surface area (Å²) in [6.07, 6.45) is 6.87. The van der Waals surface area contributed by atoms with Gasteiger partial charge in [0.1, 0.15) is 0 Å². The highest BCUT2D eigenvalue weighted by Gasteiger charge is 2.26. The summed E-state index contributed by atoms with van der Waals surface area (Å²) in [5.74, 6) is 0.442. The van der Waals surface area contributed by atoms with Gasteiger partial charge < -0.3 is 9.88 Å². The van der Waals surface area contributed by atoms with E-state index in [9.17, 15) is 4.79 Å². The molecule has 1 aliphatic carbocycles. The van der Waals surface area contributed by atoms with E-state index in [2.05, 4.69) is 31.5 Å². The van der Waals surface area contributed by atoms with Crippen LogP contribution in [0.15, 0.2) is 24.3 Å². The SMILES string of the molecule is O=C(Nc1nc2ccccc2n1C1CCCCC1)c1n[nH]c2c1CNCC2. The van der Waals surface area contributed by atoms with Crippen molar-refractivity contribution in [1.82, 2.24) is 25.1 Å². The van der Waals surface area contributed by atoms with Gasteiger partial charge in [0.15, 0.2) is 5.69 Å². The molecule has 5 rings (SSSR count). The van der Waals surface area contributed by atoms with Crippen molar-refractivity contribution in [3.05, 3.63) is 41.2 Å². The second kappa shape index (κ2) is 6.81. The number of benzene rings is 1. The van der Waals surface area contributed by atoms with Gasteiger partial charge in [-0.3, -0.25) is 15.2 Å². The summed E-state index contributed by atoms with van der Waals surface area (Å²) in [6, 6.07) is 8.50. The Morgan fingerprint density at radius 3 is 2.93 bits per heavy atom. The van der Waals surface area contributed by atoms with Crippen LogP contribution in [-0.2, 0) is 13.0 Å². The molecule has 2 aliphatic rings. The van der Waals surface area contributed by atoms with E-state index in [1.165, 1.54) is 19.3 Å². The molecule has 0 saturated heterocycles. The van der Waals surface area contributed by atoms with E-state index in [1.54, 1.807) is 0 Å². The molecule has 7 heteroatoms. The van der Waals surface area contributed by atoms with Crippen LogP contribution in [0.5, 0.6) is 0 Å². The number of nitrogens with zero attached hydrogens (tertiary/aromatic N) is 3. The molecule has 1 aliphatic heterocycles. The van der Waals surface area contributed by atoms with Crippen LogP contribution in [0.1, 0.15) is 59.9 Å². The number of H-pyrrole nitrogens is 1. The Balaban J connectivity index is 1.51. The van der Waals surface area contributed by atoms with Crippen LogP contribution in [0.3, 0.4) is 0 Å². The minimum absolute atomic E-state index is 0.191. The molecular weight excluding hydrogens is 340 g/mol. The molecule has 1 amide bonds. The molecule has 0 bridgehead atoms. The molecule has 3 N–H and O–H groups in total. The zero-order valence-corrected chi connectivity index (χ0v) is 15.3. The number of aromatic nitrogens is 4. The summed E-state index contributed by atoms with van der Waals surface area (Å²) < 4.78 is 2.23. The zero-order chi connectivity index (χ0) is 18.2. The van der Waals surface area contributed by atoms with E-state index in [4.69, 9.17) is 4.98 Å². The van der Waals surface area contributed by atoms with Gasteiger partial charge in [-0.05, 0) is 25.0 Å². The number of rotatable bonds is 3. The van der Waals surface area contributed by atoms with Gasteiger partial charge in [-0.25, -0.2) is 4.98 Å². The van der Waals surface area contributed by atoms with Crippen LogP contribution < -0.4 is 10.6 Å². The molecule has 0 unspecified atom stereocenters. The first kappa shape index (κ1) is 16.5. The molecule has 0 atom stereocenters. The zero-order valence-electron chi connectivity index (χ0n) is 15.3. The second-order valence-electron chi connectivity index (χ2n) is 7.50. The lowest BCUT2D eigenvalue weighted by molar-refractivity contribution is 0.101. The Morgan fingerprint density at radius 1 is 1.19 bits per heavy atom. The van der Waals surface area contributed by atoms with Crippen molar-refractivity contribution in [2.45, 2.75) is 51.1 Å². The van der Waals surface area contributed by atoms with E-state index in [0.29, 0.717) is 24.2 Å². The van der Waals surface area contributed by atoms with Crippen LogP contribution >= 0.6 is 0 Å². The first-order chi connectivity index (χ1) is 13.3. The number of hydrogen-bond acceptors (Lipinski definition) is 4. The molecule has 1 saturated carbocycles. The van der Waals surface area contributed by atoms with Crippen LogP contribution in [-0.4, -0.2) is 32.2 Å². The van der Waals surface area contributed by atoms with Gasteiger partial charge in [0.25, 0.3) is 5.91 Å². The van der Waals surface area contributed by atoms with Gasteiger partial charge in [0.2, 0.25) is 5.95 Å². The third-order valence-electron chi connectivity index (χ3n) is 5.78. The molecule has 140 valence electrons. The summed E-state index contributed by atoms with van der Waals surface area (Å²) in [5.41, 5.74) is 4.51. The first-order valence-corrected chi connectivity index (χ1v) is 9.86. The van der Waals surface area contributed by atoms with Gasteiger partial charge in [0.05, 0.1) is 11.0 Å². The minimum atomic E-state index is -0.191. The number of carbonyl (C=O) groups excluding carboxylic acids is 1. The molecular formula is C20H24N6O. The quantitative estimate of drug-likeness (QED) is 0.666. The van der Waals surface area contributed by atoms with E-state index in [-0.39, 0.29) is 5.91 Å². The highest BCUT2D eigenvalue weighted by atomic mass is 16.2. The summed E-state index contributed by atoms with van der Waals surface area (Å²) in [7, 11) is 0. The van der Waals surface area contributed by atoms with Gasteiger partial charge in [-0.2, -0.15) is 5.10 Å². The third-order valence-corrected chi connectivity index (χ3v) is 5.78. The van der Waals surface area contributed by atoms with E-state index < -0.39 is 0 Å². The normalized spacial score (nSPS) is 17.8. The van der Waals surface area contributed by atoms with Gasteiger partial charge >= 0.3 is 0 Å². The number of nitrogens with one attached hydrogen (secondary N) is 3. The number of hydrogen-bond donors (Lipinski definition) is 3. The maximum absolute atomic E-state index is 13.0. The minimum Gasteiger partial charge on any atom is -0.312 e. The van der Waals surface area contributed by atoms with Crippen molar-refractivity contribution in [2.24, 2.45) is 0 Å². The Labute approximate surface area is 157 Å². The first-order valence-electron chi connectivity index (χ1n) is 9.86. The third kappa shape index (κ3) is 2.92. The van der Waals surface area contributed by atoms with Crippen molar-refractivity contribution >= 4 is 22.9 Å². The number of aromatic amines is 1. The fourth-order valence-electron chi connectivity index (χ4n) is 4.42. The predicted molar refractivity (Wildman–Crippen MR) is 104 cm³/mol. The van der Waals surface area contributed by atoms with Crippen molar-refractivity contribution in [3.63, 3.8) is 0 Å². The number of amides is 1. The average Bonchev–Trinajstić information content (AvgIpc) is 3.30. The Morgan fingerprint density at radius 2 is 2.04 bits per heavy atom. The number of fused-ring (bicyclic) bond motifs is 2. The summed E-state index contributed by atoms with van der Waals surface area (Å²) in [6.45, 7) is 1.58. The number of para-hydroxylation sites is 2. The molecule has 3 heterocycles. The standard InChI is InChI=1S/C20H24N6O/c27-19(18-14-12-21-11-10-15(14)24-25-18)23-20-22-16-8-4-5-9-17(16)26(20)13-6-2-1-3-7-13/h4-5,8-9,13,21H,1-3,6-7,10-12H2,(H,24,25)(H,22,23,27). The Kier molecular flexibility index (Phi) is 4.16. The van der Waals surface area contributed by atoms with Gasteiger partial charge in [-0.1, -0.05) is 31.4 Å². The molecule has 2 aromatic heterocycles. The van der Waals surface area contributed by atoms with Crippen molar-refractivity contribution in [1.29, 1.82) is 0 Å². The van der Waals surface area contributed by atoms with E-state index >= 15 is 0 Å². The lowest BCUT2D eigenvalue weighted by atomic mass is 9.95. The van der Waals surface area contributed by atoms with Crippen molar-refractivity contribution < 1.29 is 4.79 Å². The Hall–Kier alpha value is -2.67. The molecule has 1 fully saturated rings. The number of imidazole rings is 1. The lowest BCUT2D eigenvalue weighted by Crippen LogP contribution is -2.26. The van der Waals surface area contributed by atoms with E-state index in [1.807, 2.05) is 18.2 Å². The second-order valence-corrected chi connectivity index (χ2v) is 7.50. The molecule has 1 aromatic carbocycles. The monoisotopic (exact) mass is 364 g/mol. The van der Waals surface area contributed by atoms with Crippen molar-refractivity contribution in [3.8, 4) is 0 Å². The fraction of sp³-hybridized carbons (Fsp3) is 0.450. The maximum Gasteiger partial charge on any atom is 0.278 e. The van der Waals surface area contributed by atoms with Gasteiger partial charge in [0, 0.05) is 36.8 Å². The van der Waals surface area contributed by atoms with E-state index in [0.717, 1.165) is 48.1 Å². The van der Waals surface area contributed by atoms with Crippen LogP contribution in [0.25, 0.3) is 11.0 Å². The molecule has 3 aromatic rings. The molecule has 0 radical (unpaired) electrons. The topological polar surface area (TPSA) is 87.6 Å². The molecule has 27 heavy (non-hydrogen) atoms. The highest BCUT2D eigenvalue weighted by molar-refractivity contribution is 6.04. The molecule has 7 nitrogen and oxygen atoms in total. The largest absolute Gasteiger partial charge is 0.312 e. The smallest absolute Gasteiger partial charge is 0.278 e. The van der Waals surface area contributed by atoms with Crippen molar-refractivity contribution in [2.75, 3.05) is 11.9 Å². The van der Waals surface area contributed by atoms with Crippen LogP contribution in [0, 0.1) is 0 Å². The number of anilines is 1. The highest BCUT2D eigenvalue weighted by Crippen LogP contribution is 2.34. The maximum atomic E-state index is 13.0. The van der Waals surface area contributed by atoms with Crippen LogP contribution in [0.2, 0.25) is 0 Å². The fourth-order valence-corrected chi connectivity index (χ4v) is 4.42. The Bertz CT molecular complexity index is 982. The number of carbonyl (C=O) groups is 1. The summed E-state index contributed by atoms with van der Waals surface area (Å²) in [4.78, 5) is 17.7. The van der Waals surface area contributed by atoms with Gasteiger partial charge in [-0.15, -0.1) is 0 Å². The molecule has 0 spiro atoms. The van der Waals surface area contributed by atoms with Crippen LogP contribution in [0.4, 0.5) is 5.95 Å². The summed E-state index contributed by atoms with van der Waals surface area (Å²) >= 11 is 0. The lowest BCUT2D eigenvalue weighted by Gasteiger charge is -2.25. The average molecular weight is 364 g/mol.